The summed E-state index contributed by atoms with van der Waals surface area (Å²) in [4.78, 5) is 24.4. The SMILES string of the molecule is COC(=O)[C@@H]1C=C[C@H](C)[C@@H](c2ccccc2)N1C(=O)C(F)(F)F. The lowest BCUT2D eigenvalue weighted by molar-refractivity contribution is -0.193. The molecule has 0 bridgehead atoms. The first-order valence-electron chi connectivity index (χ1n) is 6.98. The Bertz CT molecular complexity index is 613. The van der Waals surface area contributed by atoms with Gasteiger partial charge in [0, 0.05) is 0 Å². The molecule has 2 rings (SSSR count). The predicted molar refractivity (Wildman–Crippen MR) is 76.2 cm³/mol. The van der Waals surface area contributed by atoms with Crippen LogP contribution in [0.25, 0.3) is 0 Å². The number of methoxy groups -OCH3 is 1. The molecule has 0 aromatic heterocycles. The molecule has 0 spiro atoms. The molecule has 3 atom stereocenters. The number of alkyl halides is 3. The second-order valence-corrected chi connectivity index (χ2v) is 5.28. The molecule has 4 nitrogen and oxygen atoms in total. The number of carbonyl (C=O) groups is 2. The molecule has 124 valence electrons. The molecule has 1 aromatic carbocycles. The van der Waals surface area contributed by atoms with Crippen molar-refractivity contribution < 1.29 is 27.5 Å². The molecular formula is C16H16F3NO3. The summed E-state index contributed by atoms with van der Waals surface area (Å²) < 4.78 is 43.6. The largest absolute Gasteiger partial charge is 0.471 e. The van der Waals surface area contributed by atoms with E-state index in [0.717, 1.165) is 7.11 Å². The minimum Gasteiger partial charge on any atom is -0.467 e. The molecular weight excluding hydrogens is 311 g/mol. The van der Waals surface area contributed by atoms with E-state index in [4.69, 9.17) is 0 Å². The van der Waals surface area contributed by atoms with Gasteiger partial charge in [-0.15, -0.1) is 0 Å². The summed E-state index contributed by atoms with van der Waals surface area (Å²) in [7, 11) is 1.07. The van der Waals surface area contributed by atoms with Gasteiger partial charge in [0.25, 0.3) is 0 Å². The van der Waals surface area contributed by atoms with Gasteiger partial charge in [-0.3, -0.25) is 4.79 Å². The van der Waals surface area contributed by atoms with Crippen LogP contribution in [0.15, 0.2) is 42.5 Å². The van der Waals surface area contributed by atoms with Crippen molar-refractivity contribution in [1.29, 1.82) is 0 Å². The van der Waals surface area contributed by atoms with Crippen LogP contribution in [0.4, 0.5) is 13.2 Å². The van der Waals surface area contributed by atoms with Crippen LogP contribution in [0.2, 0.25) is 0 Å². The van der Waals surface area contributed by atoms with E-state index in [1.165, 1.54) is 6.08 Å². The third-order valence-electron chi connectivity index (χ3n) is 3.76. The molecule has 0 aliphatic carbocycles. The van der Waals surface area contributed by atoms with Gasteiger partial charge < -0.3 is 9.64 Å². The Morgan fingerprint density at radius 2 is 1.74 bits per heavy atom. The molecule has 0 unspecified atom stereocenters. The lowest BCUT2D eigenvalue weighted by Crippen LogP contribution is -2.54. The normalized spacial score (nSPS) is 24.4. The zero-order valence-corrected chi connectivity index (χ0v) is 12.6. The molecule has 23 heavy (non-hydrogen) atoms. The molecule has 1 heterocycles. The number of nitrogens with zero attached hydrogens (tertiary/aromatic N) is 1. The molecule has 0 fully saturated rings. The van der Waals surface area contributed by atoms with Gasteiger partial charge in [0.15, 0.2) is 0 Å². The molecule has 1 aliphatic rings. The maximum absolute atomic E-state index is 13.0. The Morgan fingerprint density at radius 3 is 2.26 bits per heavy atom. The van der Waals surface area contributed by atoms with E-state index >= 15 is 0 Å². The second-order valence-electron chi connectivity index (χ2n) is 5.28. The molecule has 7 heteroatoms. The van der Waals surface area contributed by atoms with Gasteiger partial charge >= 0.3 is 18.1 Å². The quantitative estimate of drug-likeness (QED) is 0.620. The summed E-state index contributed by atoms with van der Waals surface area (Å²) in [6.07, 6.45) is -2.18. The van der Waals surface area contributed by atoms with E-state index in [1.807, 2.05) is 0 Å². The summed E-state index contributed by atoms with van der Waals surface area (Å²) in [6, 6.07) is 6.01. The summed E-state index contributed by atoms with van der Waals surface area (Å²) >= 11 is 0. The zero-order chi connectivity index (χ0) is 17.2. The van der Waals surface area contributed by atoms with Crippen molar-refractivity contribution in [1.82, 2.24) is 4.90 Å². The molecule has 0 saturated carbocycles. The van der Waals surface area contributed by atoms with Crippen molar-refractivity contribution >= 4 is 11.9 Å². The lowest BCUT2D eigenvalue weighted by Gasteiger charge is -2.41. The average molecular weight is 327 g/mol. The number of ether oxygens (including phenoxy) is 1. The summed E-state index contributed by atoms with van der Waals surface area (Å²) in [6.45, 7) is 1.69. The third-order valence-corrected chi connectivity index (χ3v) is 3.76. The summed E-state index contributed by atoms with van der Waals surface area (Å²) in [5.74, 6) is -3.35. The fraction of sp³-hybridized carbons (Fsp3) is 0.375. The standard InChI is InChI=1S/C16H16F3NO3/c1-10-8-9-12(14(21)23-2)20(15(22)16(17,18)19)13(10)11-6-4-3-5-7-11/h3-10,12-13H,1-2H3/t10-,12-,13-/m0/s1. The van der Waals surface area contributed by atoms with Crippen molar-refractivity contribution in [3.8, 4) is 0 Å². The molecule has 1 aliphatic heterocycles. The number of amides is 1. The first-order chi connectivity index (χ1) is 10.8. The van der Waals surface area contributed by atoms with Crippen LogP contribution in [-0.4, -0.2) is 36.1 Å². The van der Waals surface area contributed by atoms with Crippen molar-refractivity contribution in [3.05, 3.63) is 48.0 Å². The van der Waals surface area contributed by atoms with E-state index < -0.39 is 30.1 Å². The van der Waals surface area contributed by atoms with Crippen LogP contribution in [0.3, 0.4) is 0 Å². The van der Waals surface area contributed by atoms with Gasteiger partial charge in [0.2, 0.25) is 0 Å². The fourth-order valence-corrected chi connectivity index (χ4v) is 2.73. The summed E-state index contributed by atoms with van der Waals surface area (Å²) in [5, 5.41) is 0. The molecule has 0 N–H and O–H groups in total. The third kappa shape index (κ3) is 3.38. The fourth-order valence-electron chi connectivity index (χ4n) is 2.73. The van der Waals surface area contributed by atoms with Gasteiger partial charge in [0.05, 0.1) is 13.2 Å². The van der Waals surface area contributed by atoms with Crippen molar-refractivity contribution in [3.63, 3.8) is 0 Å². The van der Waals surface area contributed by atoms with Crippen LogP contribution in [0, 0.1) is 5.92 Å². The first-order valence-corrected chi connectivity index (χ1v) is 6.98. The Morgan fingerprint density at radius 1 is 1.13 bits per heavy atom. The second kappa shape index (κ2) is 6.44. The van der Waals surface area contributed by atoms with E-state index in [2.05, 4.69) is 4.74 Å². The lowest BCUT2D eigenvalue weighted by atomic mass is 9.87. The number of halogens is 3. The van der Waals surface area contributed by atoms with Crippen LogP contribution in [0.1, 0.15) is 18.5 Å². The van der Waals surface area contributed by atoms with Crippen molar-refractivity contribution in [2.75, 3.05) is 7.11 Å². The average Bonchev–Trinajstić information content (AvgIpc) is 2.53. The highest BCUT2D eigenvalue weighted by atomic mass is 19.4. The number of carbonyl (C=O) groups excluding carboxylic acids is 2. The highest BCUT2D eigenvalue weighted by Gasteiger charge is 2.50. The number of hydrogen-bond acceptors (Lipinski definition) is 3. The number of esters is 1. The monoisotopic (exact) mass is 327 g/mol. The van der Waals surface area contributed by atoms with Gasteiger partial charge in [-0.25, -0.2) is 4.79 Å². The topological polar surface area (TPSA) is 46.6 Å². The van der Waals surface area contributed by atoms with E-state index in [1.54, 1.807) is 43.3 Å². The molecule has 1 aromatic rings. The molecule has 0 saturated heterocycles. The maximum Gasteiger partial charge on any atom is 0.471 e. The van der Waals surface area contributed by atoms with Crippen molar-refractivity contribution in [2.45, 2.75) is 25.2 Å². The maximum atomic E-state index is 13.0. The summed E-state index contributed by atoms with van der Waals surface area (Å²) in [5.41, 5.74) is 0.524. The molecule has 0 radical (unpaired) electrons. The highest BCUT2D eigenvalue weighted by molar-refractivity contribution is 5.89. The van der Waals surface area contributed by atoms with E-state index in [0.29, 0.717) is 10.5 Å². The van der Waals surface area contributed by atoms with Crippen LogP contribution in [0.5, 0.6) is 0 Å². The van der Waals surface area contributed by atoms with Crippen LogP contribution < -0.4 is 0 Å². The van der Waals surface area contributed by atoms with E-state index in [-0.39, 0.29) is 5.92 Å². The number of hydrogen-bond donors (Lipinski definition) is 0. The number of benzene rings is 1. The van der Waals surface area contributed by atoms with Crippen LogP contribution in [-0.2, 0) is 14.3 Å². The minimum absolute atomic E-state index is 0.385. The Balaban J connectivity index is 2.54. The van der Waals surface area contributed by atoms with Gasteiger partial charge in [-0.05, 0) is 11.5 Å². The van der Waals surface area contributed by atoms with Gasteiger partial charge in [-0.2, -0.15) is 13.2 Å². The number of rotatable bonds is 2. The molecule has 1 amide bonds. The van der Waals surface area contributed by atoms with Gasteiger partial charge in [-0.1, -0.05) is 49.4 Å². The zero-order valence-electron chi connectivity index (χ0n) is 12.6. The Labute approximate surface area is 131 Å². The first kappa shape index (κ1) is 17.1. The minimum atomic E-state index is -5.08. The Hall–Kier alpha value is -2.31. The predicted octanol–water partition coefficient (Wildman–Crippen LogP) is 2.87. The van der Waals surface area contributed by atoms with Crippen LogP contribution >= 0.6 is 0 Å². The Kier molecular flexibility index (Phi) is 4.77. The van der Waals surface area contributed by atoms with Crippen molar-refractivity contribution in [2.24, 2.45) is 5.92 Å². The van der Waals surface area contributed by atoms with Gasteiger partial charge in [0.1, 0.15) is 6.04 Å². The highest BCUT2D eigenvalue weighted by Crippen LogP contribution is 2.38. The smallest absolute Gasteiger partial charge is 0.467 e. The van der Waals surface area contributed by atoms with E-state index in [9.17, 15) is 22.8 Å².